The third-order valence-corrected chi connectivity index (χ3v) is 8.90. The zero-order chi connectivity index (χ0) is 28.9. The first-order chi connectivity index (χ1) is 18.4. The summed E-state index contributed by atoms with van der Waals surface area (Å²) in [6.07, 6.45) is 0.293. The number of aryl methyl sites for hydroxylation is 2. The van der Waals surface area contributed by atoms with Crippen LogP contribution in [0.25, 0.3) is 0 Å². The summed E-state index contributed by atoms with van der Waals surface area (Å²) in [7, 11) is -2.70. The van der Waals surface area contributed by atoms with Crippen molar-refractivity contribution in [2.45, 2.75) is 44.7 Å². The van der Waals surface area contributed by atoms with Crippen LogP contribution in [-0.4, -0.2) is 44.8 Å². The van der Waals surface area contributed by atoms with Crippen LogP contribution in [0, 0.1) is 13.8 Å². The number of rotatable bonds is 10. The van der Waals surface area contributed by atoms with Crippen LogP contribution in [0.4, 0.5) is 5.69 Å². The second-order valence-corrected chi connectivity index (χ2v) is 12.2. The summed E-state index contributed by atoms with van der Waals surface area (Å²) in [5.41, 5.74) is 2.32. The quantitative estimate of drug-likeness (QED) is 0.305. The van der Waals surface area contributed by atoms with Crippen LogP contribution in [0.15, 0.2) is 65.6 Å². The van der Waals surface area contributed by atoms with Gasteiger partial charge in [0.25, 0.3) is 10.0 Å². The van der Waals surface area contributed by atoms with E-state index >= 15 is 0 Å². The van der Waals surface area contributed by atoms with E-state index in [1.807, 2.05) is 6.92 Å². The molecule has 39 heavy (non-hydrogen) atoms. The zero-order valence-corrected chi connectivity index (χ0v) is 25.1. The summed E-state index contributed by atoms with van der Waals surface area (Å²) in [6.45, 7) is 4.75. The van der Waals surface area contributed by atoms with Gasteiger partial charge in [-0.25, -0.2) is 8.42 Å². The Bertz CT molecular complexity index is 1460. The minimum Gasteiger partial charge on any atom is -0.357 e. The number of nitrogens with one attached hydrogen (secondary N) is 1. The summed E-state index contributed by atoms with van der Waals surface area (Å²) in [5, 5.41) is 3.77. The number of benzene rings is 3. The van der Waals surface area contributed by atoms with Crippen molar-refractivity contribution >= 4 is 62.3 Å². The molecule has 208 valence electrons. The molecule has 1 N–H and O–H groups in total. The predicted octanol–water partition coefficient (Wildman–Crippen LogP) is 6.01. The fourth-order valence-electron chi connectivity index (χ4n) is 4.17. The van der Waals surface area contributed by atoms with Gasteiger partial charge in [-0.3, -0.25) is 13.9 Å². The van der Waals surface area contributed by atoms with Crippen LogP contribution in [-0.2, 0) is 26.2 Å². The van der Waals surface area contributed by atoms with Gasteiger partial charge in [0.2, 0.25) is 11.8 Å². The van der Waals surface area contributed by atoms with Crippen molar-refractivity contribution in [2.24, 2.45) is 0 Å². The lowest BCUT2D eigenvalue weighted by molar-refractivity contribution is -0.140. The van der Waals surface area contributed by atoms with Gasteiger partial charge in [0.1, 0.15) is 12.6 Å². The normalized spacial score (nSPS) is 12.1. The lowest BCUT2D eigenvalue weighted by Gasteiger charge is -2.33. The number of carbonyl (C=O) groups excluding carboxylic acids is 2. The minimum absolute atomic E-state index is 0.0286. The lowest BCUT2D eigenvalue weighted by atomic mass is 10.1. The monoisotopic (exact) mass is 609 g/mol. The van der Waals surface area contributed by atoms with Crippen molar-refractivity contribution in [3.63, 3.8) is 0 Å². The molecular formula is C28H30Cl3N3O4S. The molecule has 0 aliphatic carbocycles. The van der Waals surface area contributed by atoms with Gasteiger partial charge in [-0.1, -0.05) is 65.5 Å². The Balaban J connectivity index is 2.11. The molecule has 11 heteroatoms. The number of nitrogens with zero attached hydrogens (tertiary/aromatic N) is 2. The Hall–Kier alpha value is -2.78. The Morgan fingerprint density at radius 1 is 0.923 bits per heavy atom. The van der Waals surface area contributed by atoms with E-state index in [4.69, 9.17) is 34.8 Å². The molecule has 0 spiro atoms. The summed E-state index contributed by atoms with van der Waals surface area (Å²) in [5.74, 6) is -0.965. The number of hydrogen-bond donors (Lipinski definition) is 1. The maximum atomic E-state index is 14.0. The number of halogens is 3. The second-order valence-electron chi connectivity index (χ2n) is 9.05. The van der Waals surface area contributed by atoms with Gasteiger partial charge in [-0.05, 0) is 73.9 Å². The second kappa shape index (κ2) is 13.0. The molecule has 0 fully saturated rings. The van der Waals surface area contributed by atoms with Crippen LogP contribution in [0.1, 0.15) is 30.0 Å². The van der Waals surface area contributed by atoms with E-state index in [0.29, 0.717) is 38.3 Å². The van der Waals surface area contributed by atoms with Crippen LogP contribution in [0.3, 0.4) is 0 Å². The third kappa shape index (κ3) is 7.25. The number of sulfonamides is 1. The highest BCUT2D eigenvalue weighted by atomic mass is 35.5. The van der Waals surface area contributed by atoms with E-state index in [1.54, 1.807) is 62.4 Å². The van der Waals surface area contributed by atoms with Crippen LogP contribution in [0.5, 0.6) is 0 Å². The van der Waals surface area contributed by atoms with Crippen LogP contribution >= 0.6 is 34.8 Å². The van der Waals surface area contributed by atoms with Crippen molar-refractivity contribution in [3.8, 4) is 0 Å². The molecular weight excluding hydrogens is 581 g/mol. The molecule has 3 aromatic rings. The number of anilines is 1. The maximum absolute atomic E-state index is 14.0. The summed E-state index contributed by atoms with van der Waals surface area (Å²) >= 11 is 18.6. The van der Waals surface area contributed by atoms with Crippen molar-refractivity contribution < 1.29 is 18.0 Å². The number of amides is 2. The minimum atomic E-state index is -4.18. The zero-order valence-electron chi connectivity index (χ0n) is 22.0. The molecule has 0 unspecified atom stereocenters. The molecule has 0 saturated carbocycles. The number of carbonyl (C=O) groups is 2. The van der Waals surface area contributed by atoms with Gasteiger partial charge in [0, 0.05) is 28.7 Å². The van der Waals surface area contributed by atoms with E-state index in [1.165, 1.54) is 24.1 Å². The van der Waals surface area contributed by atoms with Gasteiger partial charge in [-0.2, -0.15) is 0 Å². The number of hydrogen-bond acceptors (Lipinski definition) is 4. The smallest absolute Gasteiger partial charge is 0.264 e. The molecule has 0 bridgehead atoms. The van der Waals surface area contributed by atoms with Gasteiger partial charge >= 0.3 is 0 Å². The van der Waals surface area contributed by atoms with E-state index in [9.17, 15) is 18.0 Å². The van der Waals surface area contributed by atoms with Crippen LogP contribution < -0.4 is 9.62 Å². The lowest BCUT2D eigenvalue weighted by Crippen LogP contribution is -2.51. The van der Waals surface area contributed by atoms with E-state index in [0.717, 1.165) is 9.87 Å². The highest BCUT2D eigenvalue weighted by Gasteiger charge is 2.34. The fraction of sp³-hybridized carbons (Fsp3) is 0.286. The molecule has 0 radical (unpaired) electrons. The predicted molar refractivity (Wildman–Crippen MR) is 157 cm³/mol. The first-order valence-electron chi connectivity index (χ1n) is 12.2. The first-order valence-corrected chi connectivity index (χ1v) is 14.8. The fourth-order valence-corrected chi connectivity index (χ4v) is 6.34. The molecule has 0 saturated heterocycles. The molecule has 0 aromatic heterocycles. The van der Waals surface area contributed by atoms with Crippen molar-refractivity contribution in [1.29, 1.82) is 0 Å². The largest absolute Gasteiger partial charge is 0.357 e. The van der Waals surface area contributed by atoms with Crippen molar-refractivity contribution in [2.75, 3.05) is 17.9 Å². The molecule has 0 aliphatic rings. The van der Waals surface area contributed by atoms with E-state index < -0.39 is 28.5 Å². The van der Waals surface area contributed by atoms with Crippen LogP contribution in [0.2, 0.25) is 15.1 Å². The molecule has 0 aliphatic heterocycles. The summed E-state index contributed by atoms with van der Waals surface area (Å²) < 4.78 is 28.9. The average Bonchev–Trinajstić information content (AvgIpc) is 2.88. The Labute approximate surface area is 244 Å². The number of likely N-dealkylation sites (N-methyl/N-ethyl adjacent to an activating group) is 1. The molecule has 3 aromatic carbocycles. The summed E-state index contributed by atoms with van der Waals surface area (Å²) in [6, 6.07) is 15.1. The van der Waals surface area contributed by atoms with Gasteiger partial charge < -0.3 is 10.2 Å². The third-order valence-electron chi connectivity index (χ3n) is 6.30. The Morgan fingerprint density at radius 3 is 2.10 bits per heavy atom. The average molecular weight is 611 g/mol. The Kier molecular flexibility index (Phi) is 10.3. The summed E-state index contributed by atoms with van der Waals surface area (Å²) in [4.78, 5) is 28.2. The van der Waals surface area contributed by atoms with Crippen molar-refractivity contribution in [3.05, 3.63) is 92.4 Å². The van der Waals surface area contributed by atoms with Gasteiger partial charge in [0.05, 0.1) is 10.6 Å². The molecule has 7 nitrogen and oxygen atoms in total. The van der Waals surface area contributed by atoms with Crippen molar-refractivity contribution in [1.82, 2.24) is 10.2 Å². The highest BCUT2D eigenvalue weighted by molar-refractivity contribution is 7.92. The topological polar surface area (TPSA) is 86.8 Å². The van der Waals surface area contributed by atoms with E-state index in [2.05, 4.69) is 5.32 Å². The SMILES string of the molecule is CC[C@@H](C(=O)NC)N(Cc1ccc(Cl)cc1Cl)C(=O)CN(c1ccc(Cl)cc1C)S(=O)(=O)c1ccc(C)cc1. The molecule has 3 rings (SSSR count). The molecule has 1 atom stereocenters. The standard InChI is InChI=1S/C28H30Cl3N3O4S/c1-5-25(28(36)32-4)33(16-20-8-9-22(30)15-24(20)31)27(35)17-34(26-13-10-21(29)14-19(26)3)39(37,38)23-11-6-18(2)7-12-23/h6-15,25H,5,16-17H2,1-4H3,(H,32,36)/t25-/m0/s1. The molecule has 0 heterocycles. The van der Waals surface area contributed by atoms with E-state index in [-0.39, 0.29) is 17.3 Å². The maximum Gasteiger partial charge on any atom is 0.264 e. The Morgan fingerprint density at radius 2 is 1.54 bits per heavy atom. The molecule has 2 amide bonds. The van der Waals surface area contributed by atoms with Gasteiger partial charge in [-0.15, -0.1) is 0 Å². The highest BCUT2D eigenvalue weighted by Crippen LogP contribution is 2.30. The van der Waals surface area contributed by atoms with Gasteiger partial charge in [0.15, 0.2) is 0 Å². The first kappa shape index (κ1) is 30.8.